The molecular weight excluding hydrogens is 539 g/mol. The van der Waals surface area contributed by atoms with Gasteiger partial charge in [-0.15, -0.1) is 0 Å². The Morgan fingerprint density at radius 1 is 1.02 bits per heavy atom. The van der Waals surface area contributed by atoms with E-state index in [0.29, 0.717) is 31.3 Å². The lowest BCUT2D eigenvalue weighted by molar-refractivity contribution is -0.192. The largest absolute Gasteiger partial charge is 0.492 e. The fourth-order valence-electron chi connectivity index (χ4n) is 4.18. The molecule has 0 bridgehead atoms. The summed E-state index contributed by atoms with van der Waals surface area (Å²) in [6.07, 6.45) is -0.0487. The average molecular weight is 574 g/mol. The standard InChI is InChI=1S/C27H33N5O2.C2HF3O2/c1-20-18-25(32-27(29-20)28-16-17-34-23-14-6-3-7-15-23)31-24(19-21-10-4-2-5-11-21)26(33)30-22-12-8-9-13-22;3-2(4,5)1(6)7/h2-7,10-11,14-15,18,22,24H,8-9,12-13,16-17,19H2,1H3,(H,30,33)(H2,28,29,31,32);(H,6,7)/t24-;/m0./s1. The van der Waals surface area contributed by atoms with Crippen LogP contribution in [0.25, 0.3) is 0 Å². The molecule has 1 fully saturated rings. The number of benzene rings is 2. The van der Waals surface area contributed by atoms with Crippen molar-refractivity contribution in [1.29, 1.82) is 0 Å². The van der Waals surface area contributed by atoms with Gasteiger partial charge < -0.3 is 25.8 Å². The van der Waals surface area contributed by atoms with Crippen molar-refractivity contribution in [3.8, 4) is 5.75 Å². The second-order valence-corrected chi connectivity index (χ2v) is 9.49. The monoisotopic (exact) mass is 573 g/mol. The average Bonchev–Trinajstić information content (AvgIpc) is 3.44. The molecule has 4 rings (SSSR count). The summed E-state index contributed by atoms with van der Waals surface area (Å²) in [5.41, 5.74) is 1.92. The first-order chi connectivity index (χ1) is 19.6. The zero-order chi connectivity index (χ0) is 29.7. The number of aliphatic carboxylic acids is 1. The summed E-state index contributed by atoms with van der Waals surface area (Å²) in [7, 11) is 0. The number of para-hydroxylation sites is 1. The number of nitrogens with one attached hydrogen (secondary N) is 3. The van der Waals surface area contributed by atoms with Crippen LogP contribution in [0.3, 0.4) is 0 Å². The van der Waals surface area contributed by atoms with E-state index < -0.39 is 18.2 Å². The molecule has 0 spiro atoms. The molecule has 4 N–H and O–H groups in total. The molecule has 0 radical (unpaired) electrons. The highest BCUT2D eigenvalue weighted by Gasteiger charge is 2.38. The Labute approximate surface area is 236 Å². The van der Waals surface area contributed by atoms with Crippen LogP contribution >= 0.6 is 0 Å². The Kier molecular flexibility index (Phi) is 11.7. The lowest BCUT2D eigenvalue weighted by Crippen LogP contribution is -2.45. The van der Waals surface area contributed by atoms with E-state index in [9.17, 15) is 18.0 Å². The fraction of sp³-hybridized carbons (Fsp3) is 0.379. The number of hydrogen-bond donors (Lipinski definition) is 4. The minimum absolute atomic E-state index is 0.0118. The van der Waals surface area contributed by atoms with Gasteiger partial charge in [-0.05, 0) is 37.5 Å². The van der Waals surface area contributed by atoms with Crippen LogP contribution in [-0.4, -0.2) is 58.4 Å². The van der Waals surface area contributed by atoms with Crippen LogP contribution in [0.4, 0.5) is 24.9 Å². The molecule has 9 nitrogen and oxygen atoms in total. The highest BCUT2D eigenvalue weighted by Crippen LogP contribution is 2.19. The first-order valence-electron chi connectivity index (χ1n) is 13.3. The topological polar surface area (TPSA) is 125 Å². The molecule has 0 unspecified atom stereocenters. The maximum Gasteiger partial charge on any atom is 0.490 e. The molecule has 1 aliphatic rings. The zero-order valence-electron chi connectivity index (χ0n) is 22.7. The van der Waals surface area contributed by atoms with Gasteiger partial charge in [0, 0.05) is 24.2 Å². The van der Waals surface area contributed by atoms with E-state index in [2.05, 4.69) is 25.9 Å². The predicted octanol–water partition coefficient (Wildman–Crippen LogP) is 4.99. The molecule has 1 saturated carbocycles. The van der Waals surface area contributed by atoms with Gasteiger partial charge in [0.1, 0.15) is 24.2 Å². The predicted molar refractivity (Wildman–Crippen MR) is 149 cm³/mol. The van der Waals surface area contributed by atoms with Crippen LogP contribution in [0.2, 0.25) is 0 Å². The minimum Gasteiger partial charge on any atom is -0.492 e. The van der Waals surface area contributed by atoms with Gasteiger partial charge in [-0.3, -0.25) is 4.79 Å². The maximum absolute atomic E-state index is 13.2. The maximum atomic E-state index is 13.2. The van der Waals surface area contributed by atoms with E-state index in [1.807, 2.05) is 73.7 Å². The lowest BCUT2D eigenvalue weighted by atomic mass is 10.0. The Morgan fingerprint density at radius 3 is 2.24 bits per heavy atom. The van der Waals surface area contributed by atoms with Crippen LogP contribution in [0, 0.1) is 6.92 Å². The van der Waals surface area contributed by atoms with Crippen molar-refractivity contribution >= 4 is 23.6 Å². The third-order valence-electron chi connectivity index (χ3n) is 6.12. The number of alkyl halides is 3. The fourth-order valence-corrected chi connectivity index (χ4v) is 4.18. The van der Waals surface area contributed by atoms with Gasteiger partial charge in [0.15, 0.2) is 0 Å². The summed E-state index contributed by atoms with van der Waals surface area (Å²) in [6, 6.07) is 21.5. The normalized spacial score (nSPS) is 13.9. The molecule has 0 aliphatic heterocycles. The van der Waals surface area contributed by atoms with Crippen LogP contribution in [0.5, 0.6) is 5.75 Å². The van der Waals surface area contributed by atoms with Gasteiger partial charge in [-0.1, -0.05) is 61.4 Å². The molecule has 1 heterocycles. The number of nitrogens with zero attached hydrogens (tertiary/aromatic N) is 2. The third-order valence-corrected chi connectivity index (χ3v) is 6.12. The Hall–Kier alpha value is -4.35. The smallest absolute Gasteiger partial charge is 0.490 e. The molecule has 220 valence electrons. The third kappa shape index (κ3) is 11.3. The molecule has 1 aromatic heterocycles. The number of rotatable bonds is 11. The van der Waals surface area contributed by atoms with Gasteiger partial charge in [-0.2, -0.15) is 18.2 Å². The number of carboxylic acids is 1. The molecule has 1 amide bonds. The summed E-state index contributed by atoms with van der Waals surface area (Å²) in [5, 5.41) is 16.9. The lowest BCUT2D eigenvalue weighted by Gasteiger charge is -2.22. The van der Waals surface area contributed by atoms with Crippen molar-refractivity contribution < 1.29 is 32.6 Å². The van der Waals surface area contributed by atoms with E-state index in [-0.39, 0.29) is 11.9 Å². The number of amides is 1. The van der Waals surface area contributed by atoms with Gasteiger partial charge >= 0.3 is 12.1 Å². The second-order valence-electron chi connectivity index (χ2n) is 9.49. The number of aromatic nitrogens is 2. The van der Waals surface area contributed by atoms with E-state index in [1.165, 1.54) is 12.8 Å². The van der Waals surface area contributed by atoms with Crippen LogP contribution < -0.4 is 20.7 Å². The molecule has 1 atom stereocenters. The van der Waals surface area contributed by atoms with E-state index in [1.54, 1.807) is 0 Å². The molecule has 12 heteroatoms. The van der Waals surface area contributed by atoms with Crippen molar-refractivity contribution in [3.05, 3.63) is 78.0 Å². The quantitative estimate of drug-likeness (QED) is 0.237. The van der Waals surface area contributed by atoms with Crippen LogP contribution in [0.15, 0.2) is 66.7 Å². The summed E-state index contributed by atoms with van der Waals surface area (Å²) in [5.74, 6) is -0.783. The Bertz CT molecular complexity index is 1240. The number of anilines is 2. The van der Waals surface area contributed by atoms with E-state index >= 15 is 0 Å². The molecule has 2 aromatic carbocycles. The van der Waals surface area contributed by atoms with Crippen molar-refractivity contribution in [1.82, 2.24) is 15.3 Å². The molecule has 41 heavy (non-hydrogen) atoms. The number of halogens is 3. The molecule has 3 aromatic rings. The van der Waals surface area contributed by atoms with Gasteiger partial charge in [0.05, 0.1) is 6.54 Å². The van der Waals surface area contributed by atoms with Crippen LogP contribution in [-0.2, 0) is 16.0 Å². The number of carbonyl (C=O) groups is 2. The first-order valence-corrected chi connectivity index (χ1v) is 13.3. The number of ether oxygens (including phenoxy) is 1. The van der Waals surface area contributed by atoms with Crippen molar-refractivity contribution in [2.45, 2.75) is 57.3 Å². The Balaban J connectivity index is 0.000000587. The van der Waals surface area contributed by atoms with E-state index in [4.69, 9.17) is 14.6 Å². The summed E-state index contributed by atoms with van der Waals surface area (Å²) in [6.45, 7) is 2.97. The highest BCUT2D eigenvalue weighted by molar-refractivity contribution is 5.85. The van der Waals surface area contributed by atoms with Gasteiger partial charge in [0.25, 0.3) is 0 Å². The van der Waals surface area contributed by atoms with E-state index in [0.717, 1.165) is 29.8 Å². The SMILES string of the molecule is Cc1cc(N[C@@H](Cc2ccccc2)C(=O)NC2CCCC2)nc(NCCOc2ccccc2)n1.O=C(O)C(F)(F)F. The zero-order valence-corrected chi connectivity index (χ0v) is 22.7. The summed E-state index contributed by atoms with van der Waals surface area (Å²) < 4.78 is 37.5. The highest BCUT2D eigenvalue weighted by atomic mass is 19.4. The number of hydrogen-bond acceptors (Lipinski definition) is 7. The van der Waals surface area contributed by atoms with Crippen molar-refractivity contribution in [2.75, 3.05) is 23.8 Å². The number of carbonyl (C=O) groups excluding carboxylic acids is 1. The summed E-state index contributed by atoms with van der Waals surface area (Å²) >= 11 is 0. The molecular formula is C29H34F3N5O4. The molecule has 1 aliphatic carbocycles. The number of aryl methyl sites for hydroxylation is 1. The first kappa shape index (κ1) is 31.2. The van der Waals surface area contributed by atoms with Gasteiger partial charge in [-0.25, -0.2) is 9.78 Å². The second kappa shape index (κ2) is 15.4. The molecule has 0 saturated heterocycles. The number of carboxylic acid groups (broad SMARTS) is 1. The summed E-state index contributed by atoms with van der Waals surface area (Å²) in [4.78, 5) is 31.2. The minimum atomic E-state index is -5.08. The Morgan fingerprint density at radius 2 is 1.63 bits per heavy atom. The van der Waals surface area contributed by atoms with Gasteiger partial charge in [0.2, 0.25) is 11.9 Å². The van der Waals surface area contributed by atoms with Crippen molar-refractivity contribution in [3.63, 3.8) is 0 Å². The van der Waals surface area contributed by atoms with Crippen molar-refractivity contribution in [2.24, 2.45) is 0 Å². The van der Waals surface area contributed by atoms with Crippen LogP contribution in [0.1, 0.15) is 36.9 Å².